The van der Waals surface area contributed by atoms with Crippen LogP contribution in [-0.2, 0) is 22.1 Å². The Hall–Kier alpha value is -3.06. The summed E-state index contributed by atoms with van der Waals surface area (Å²) in [6.07, 6.45) is 2.18. The van der Waals surface area contributed by atoms with Crippen LogP contribution in [0.2, 0.25) is 0 Å². The molecule has 160 valence electrons. The number of aryl methyl sites for hydroxylation is 3. The molecule has 1 aromatic carbocycles. The second kappa shape index (κ2) is 8.23. The second-order valence-corrected chi connectivity index (χ2v) is 9.02. The van der Waals surface area contributed by atoms with E-state index in [4.69, 9.17) is 9.93 Å². The molecular formula is C22H23N4O4P. The first kappa shape index (κ1) is 21.2. The average molecular weight is 438 g/mol. The lowest BCUT2D eigenvalue weighted by Crippen LogP contribution is -2.37. The molecule has 0 saturated carbocycles. The van der Waals surface area contributed by atoms with E-state index in [2.05, 4.69) is 4.98 Å². The van der Waals surface area contributed by atoms with Gasteiger partial charge in [0.15, 0.2) is 0 Å². The van der Waals surface area contributed by atoms with Crippen molar-refractivity contribution < 1.29 is 14.0 Å². The monoisotopic (exact) mass is 438 g/mol. The predicted molar refractivity (Wildman–Crippen MR) is 119 cm³/mol. The van der Waals surface area contributed by atoms with Crippen molar-refractivity contribution in [2.45, 2.75) is 26.8 Å². The van der Waals surface area contributed by atoms with Crippen LogP contribution in [0.3, 0.4) is 0 Å². The first-order valence-corrected chi connectivity index (χ1v) is 11.5. The second-order valence-electron chi connectivity index (χ2n) is 7.24. The third-order valence-electron chi connectivity index (χ3n) is 5.19. The standard InChI is InChI=1S/C22H23N4O4P/c1-3-30-31(28,29)18-14-17-21(24-20-15(2)8-7-12-26(20)22(17)27)25(19(18)23)13-11-16-9-5-4-6-10-16/h4-10,12,14,23H,3,11,13H2,1-2H3,(H,28,29). The summed E-state index contributed by atoms with van der Waals surface area (Å²) in [6, 6.07) is 14.6. The molecule has 3 aromatic heterocycles. The van der Waals surface area contributed by atoms with Crippen molar-refractivity contribution in [2.75, 3.05) is 6.61 Å². The van der Waals surface area contributed by atoms with Crippen LogP contribution < -0.4 is 16.4 Å². The van der Waals surface area contributed by atoms with E-state index in [0.29, 0.717) is 24.3 Å². The van der Waals surface area contributed by atoms with Crippen LogP contribution in [0.4, 0.5) is 0 Å². The van der Waals surface area contributed by atoms with Gasteiger partial charge in [-0.05, 0) is 43.5 Å². The summed E-state index contributed by atoms with van der Waals surface area (Å²) in [7, 11) is -4.28. The number of fused-ring (bicyclic) bond motifs is 2. The maximum Gasteiger partial charge on any atom is 0.362 e. The van der Waals surface area contributed by atoms with E-state index in [9.17, 15) is 14.3 Å². The fourth-order valence-electron chi connectivity index (χ4n) is 3.64. The molecule has 8 nitrogen and oxygen atoms in total. The molecule has 4 aromatic rings. The van der Waals surface area contributed by atoms with Crippen molar-refractivity contribution in [3.63, 3.8) is 0 Å². The van der Waals surface area contributed by atoms with Crippen LogP contribution in [-0.4, -0.2) is 25.5 Å². The number of pyridine rings is 2. The molecule has 1 atom stereocenters. The summed E-state index contributed by atoms with van der Waals surface area (Å²) in [5.41, 5.74) is 2.09. The van der Waals surface area contributed by atoms with Crippen LogP contribution in [0.25, 0.3) is 16.7 Å². The minimum absolute atomic E-state index is 0.00339. The van der Waals surface area contributed by atoms with E-state index in [1.54, 1.807) is 19.2 Å². The Morgan fingerprint density at radius 1 is 1.16 bits per heavy atom. The summed E-state index contributed by atoms with van der Waals surface area (Å²) < 4.78 is 20.8. The Morgan fingerprint density at radius 3 is 2.61 bits per heavy atom. The lowest BCUT2D eigenvalue weighted by Gasteiger charge is -2.17. The molecule has 0 aliphatic carbocycles. The van der Waals surface area contributed by atoms with Crippen LogP contribution in [0.15, 0.2) is 59.5 Å². The molecule has 0 aliphatic rings. The summed E-state index contributed by atoms with van der Waals surface area (Å²) in [5.74, 6) is 0. The summed E-state index contributed by atoms with van der Waals surface area (Å²) in [6.45, 7) is 3.77. The first-order chi connectivity index (χ1) is 14.8. The fraction of sp³-hybridized carbons (Fsp3) is 0.227. The zero-order valence-corrected chi connectivity index (χ0v) is 18.2. The van der Waals surface area contributed by atoms with E-state index in [-0.39, 0.29) is 28.3 Å². The summed E-state index contributed by atoms with van der Waals surface area (Å²) in [5, 5.41) is 8.62. The molecule has 31 heavy (non-hydrogen) atoms. The number of rotatable bonds is 6. The zero-order chi connectivity index (χ0) is 22.2. The molecular weight excluding hydrogens is 415 g/mol. The lowest BCUT2D eigenvalue weighted by atomic mass is 10.1. The molecule has 0 radical (unpaired) electrons. The van der Waals surface area contributed by atoms with Crippen molar-refractivity contribution >= 4 is 29.6 Å². The maximum atomic E-state index is 13.3. The van der Waals surface area contributed by atoms with Crippen molar-refractivity contribution in [1.82, 2.24) is 14.0 Å². The summed E-state index contributed by atoms with van der Waals surface area (Å²) in [4.78, 5) is 28.4. The molecule has 1 unspecified atom stereocenters. The van der Waals surface area contributed by atoms with E-state index in [1.807, 2.05) is 43.3 Å². The van der Waals surface area contributed by atoms with E-state index in [1.165, 1.54) is 15.0 Å². The number of hydrogen-bond donors (Lipinski definition) is 2. The van der Waals surface area contributed by atoms with Crippen molar-refractivity contribution in [2.24, 2.45) is 0 Å². The van der Waals surface area contributed by atoms with Gasteiger partial charge in [-0.1, -0.05) is 36.4 Å². The van der Waals surface area contributed by atoms with Gasteiger partial charge in [-0.2, -0.15) is 0 Å². The fourth-order valence-corrected chi connectivity index (χ4v) is 4.81. The molecule has 3 heterocycles. The number of nitrogens with zero attached hydrogens (tertiary/aromatic N) is 3. The average Bonchev–Trinajstić information content (AvgIpc) is 2.74. The van der Waals surface area contributed by atoms with Gasteiger partial charge in [-0.15, -0.1) is 0 Å². The van der Waals surface area contributed by atoms with E-state index < -0.39 is 7.60 Å². The van der Waals surface area contributed by atoms with Crippen molar-refractivity contribution in [3.8, 4) is 0 Å². The number of benzene rings is 1. The van der Waals surface area contributed by atoms with Gasteiger partial charge in [0.05, 0.1) is 12.0 Å². The Morgan fingerprint density at radius 2 is 1.90 bits per heavy atom. The van der Waals surface area contributed by atoms with Crippen LogP contribution in [0.5, 0.6) is 0 Å². The quantitative estimate of drug-likeness (QED) is 0.355. The third kappa shape index (κ3) is 3.85. The van der Waals surface area contributed by atoms with Gasteiger partial charge in [-0.3, -0.25) is 19.2 Å². The predicted octanol–water partition coefficient (Wildman–Crippen LogP) is 2.53. The largest absolute Gasteiger partial charge is 0.362 e. The molecule has 0 fully saturated rings. The highest BCUT2D eigenvalue weighted by Gasteiger charge is 2.27. The van der Waals surface area contributed by atoms with Gasteiger partial charge in [0.2, 0.25) is 0 Å². The Bertz CT molecular complexity index is 1440. The van der Waals surface area contributed by atoms with Gasteiger partial charge in [0.25, 0.3) is 5.56 Å². The normalized spacial score (nSPS) is 13.5. The van der Waals surface area contributed by atoms with Gasteiger partial charge in [0.1, 0.15) is 22.1 Å². The highest BCUT2D eigenvalue weighted by molar-refractivity contribution is 7.61. The molecule has 2 N–H and O–H groups in total. The molecule has 0 spiro atoms. The number of nitrogens with one attached hydrogen (secondary N) is 1. The van der Waals surface area contributed by atoms with Crippen LogP contribution >= 0.6 is 7.60 Å². The zero-order valence-electron chi connectivity index (χ0n) is 17.3. The van der Waals surface area contributed by atoms with Crippen molar-refractivity contribution in [3.05, 3.63) is 81.7 Å². The van der Waals surface area contributed by atoms with Crippen LogP contribution in [0.1, 0.15) is 18.1 Å². The molecule has 0 bridgehead atoms. The minimum atomic E-state index is -4.28. The van der Waals surface area contributed by atoms with E-state index >= 15 is 0 Å². The smallest absolute Gasteiger partial charge is 0.321 e. The highest BCUT2D eigenvalue weighted by atomic mass is 31.2. The Labute approximate surface area is 178 Å². The maximum absolute atomic E-state index is 13.3. The van der Waals surface area contributed by atoms with E-state index in [0.717, 1.165) is 11.1 Å². The van der Waals surface area contributed by atoms with Crippen LogP contribution in [0, 0.1) is 12.3 Å². The van der Waals surface area contributed by atoms with Gasteiger partial charge < -0.3 is 14.0 Å². The molecule has 0 amide bonds. The SMILES string of the molecule is CCOP(=O)(O)c1cc2c(=O)n3cccc(C)c3nc2n(CCc2ccccc2)c1=N. The van der Waals surface area contributed by atoms with Gasteiger partial charge in [-0.25, -0.2) is 4.98 Å². The highest BCUT2D eigenvalue weighted by Crippen LogP contribution is 2.39. The Kier molecular flexibility index (Phi) is 5.62. The summed E-state index contributed by atoms with van der Waals surface area (Å²) >= 11 is 0. The topological polar surface area (TPSA) is 110 Å². The molecule has 9 heteroatoms. The lowest BCUT2D eigenvalue weighted by molar-refractivity contribution is 0.283. The number of hydrogen-bond acceptors (Lipinski definition) is 5. The third-order valence-corrected chi connectivity index (χ3v) is 6.75. The number of aromatic nitrogens is 3. The molecule has 4 rings (SSSR count). The van der Waals surface area contributed by atoms with Gasteiger partial charge >= 0.3 is 7.60 Å². The molecule has 0 saturated heterocycles. The van der Waals surface area contributed by atoms with Crippen molar-refractivity contribution in [1.29, 1.82) is 5.41 Å². The van der Waals surface area contributed by atoms with Gasteiger partial charge in [0, 0.05) is 12.7 Å². The first-order valence-electron chi connectivity index (χ1n) is 9.95. The Balaban J connectivity index is 2.03. The minimum Gasteiger partial charge on any atom is -0.321 e. The molecule has 0 aliphatic heterocycles.